The molecule has 0 aliphatic rings. The molecule has 0 fully saturated rings. The van der Waals surface area contributed by atoms with E-state index in [9.17, 15) is 0 Å². The molecular weight excluding hydrogens is 597 g/mol. The molecule has 0 amide bonds. The maximum atomic E-state index is 4.92. The zero-order valence-corrected chi connectivity index (χ0v) is 26.6. The quantitative estimate of drug-likeness (QED) is 0.184. The first-order chi connectivity index (χ1) is 24.3. The summed E-state index contributed by atoms with van der Waals surface area (Å²) in [6.45, 7) is 0. The molecule has 2 aromatic heterocycles. The van der Waals surface area contributed by atoms with Crippen LogP contribution >= 0.6 is 0 Å². The third-order valence-corrected chi connectivity index (χ3v) is 9.06. The fraction of sp³-hybridized carbons (Fsp3) is 0. The molecule has 0 spiro atoms. The van der Waals surface area contributed by atoms with Gasteiger partial charge in [0, 0.05) is 38.7 Å². The molecular formula is C45H30N4. The van der Waals surface area contributed by atoms with Crippen LogP contribution in [0.25, 0.3) is 83.9 Å². The van der Waals surface area contributed by atoms with Crippen molar-refractivity contribution in [2.45, 2.75) is 0 Å². The van der Waals surface area contributed by atoms with Gasteiger partial charge >= 0.3 is 0 Å². The number of para-hydroxylation sites is 2. The van der Waals surface area contributed by atoms with Gasteiger partial charge in [-0.15, -0.1) is 0 Å². The van der Waals surface area contributed by atoms with E-state index >= 15 is 0 Å². The second kappa shape index (κ2) is 12.2. The highest BCUT2D eigenvalue weighted by Crippen LogP contribution is 2.40. The molecule has 2 heterocycles. The van der Waals surface area contributed by atoms with Crippen LogP contribution in [0.3, 0.4) is 0 Å². The first-order valence-electron chi connectivity index (χ1n) is 16.5. The molecule has 0 aliphatic heterocycles. The molecule has 7 aromatic carbocycles. The summed E-state index contributed by atoms with van der Waals surface area (Å²) in [6, 6.07) is 63.4. The Hall–Kier alpha value is -6.65. The van der Waals surface area contributed by atoms with E-state index in [0.717, 1.165) is 33.5 Å². The minimum Gasteiger partial charge on any atom is -0.309 e. The van der Waals surface area contributed by atoms with Gasteiger partial charge in [0.2, 0.25) is 0 Å². The summed E-state index contributed by atoms with van der Waals surface area (Å²) in [4.78, 5) is 14.7. The van der Waals surface area contributed by atoms with E-state index in [1.807, 2.05) is 60.7 Å². The van der Waals surface area contributed by atoms with Crippen molar-refractivity contribution in [2.24, 2.45) is 0 Å². The zero-order valence-electron chi connectivity index (χ0n) is 26.6. The highest BCUT2D eigenvalue weighted by Gasteiger charge is 2.18. The van der Waals surface area contributed by atoms with Gasteiger partial charge in [-0.25, -0.2) is 15.0 Å². The summed E-state index contributed by atoms with van der Waals surface area (Å²) in [7, 11) is 0. The van der Waals surface area contributed by atoms with Gasteiger partial charge in [-0.2, -0.15) is 0 Å². The SMILES string of the molecule is c1ccc(-c2nc(-c3ccccc3)nc(-c3ccc(-c4ccc5c(c4)c4cccc(-c6ccccc6)c4n5-c4ccccc4)cc3)n2)cc1. The van der Waals surface area contributed by atoms with Crippen molar-refractivity contribution in [3.05, 3.63) is 182 Å². The van der Waals surface area contributed by atoms with Crippen LogP contribution in [-0.2, 0) is 0 Å². The van der Waals surface area contributed by atoms with E-state index in [2.05, 4.69) is 126 Å². The topological polar surface area (TPSA) is 43.6 Å². The molecule has 0 unspecified atom stereocenters. The highest BCUT2D eigenvalue weighted by molar-refractivity contribution is 6.14. The first kappa shape index (κ1) is 28.6. The van der Waals surface area contributed by atoms with E-state index in [1.54, 1.807) is 0 Å². The number of rotatable bonds is 6. The Morgan fingerprint density at radius 3 is 1.37 bits per heavy atom. The molecule has 0 saturated carbocycles. The Balaban J connectivity index is 1.16. The number of fused-ring (bicyclic) bond motifs is 3. The van der Waals surface area contributed by atoms with Crippen molar-refractivity contribution < 1.29 is 0 Å². The van der Waals surface area contributed by atoms with Crippen molar-refractivity contribution >= 4 is 21.8 Å². The van der Waals surface area contributed by atoms with Crippen LogP contribution in [-0.4, -0.2) is 19.5 Å². The van der Waals surface area contributed by atoms with Gasteiger partial charge in [-0.3, -0.25) is 0 Å². The third-order valence-electron chi connectivity index (χ3n) is 9.06. The van der Waals surface area contributed by atoms with Crippen LogP contribution in [0.1, 0.15) is 0 Å². The maximum absolute atomic E-state index is 4.92. The first-order valence-corrected chi connectivity index (χ1v) is 16.5. The molecule has 0 radical (unpaired) electrons. The average molecular weight is 627 g/mol. The van der Waals surface area contributed by atoms with E-state index in [0.29, 0.717) is 17.5 Å². The number of hydrogen-bond acceptors (Lipinski definition) is 3. The maximum Gasteiger partial charge on any atom is 0.164 e. The van der Waals surface area contributed by atoms with Crippen molar-refractivity contribution in [3.63, 3.8) is 0 Å². The second-order valence-electron chi connectivity index (χ2n) is 12.1. The minimum absolute atomic E-state index is 0.647. The monoisotopic (exact) mass is 626 g/mol. The minimum atomic E-state index is 0.647. The van der Waals surface area contributed by atoms with E-state index in [4.69, 9.17) is 15.0 Å². The summed E-state index contributed by atoms with van der Waals surface area (Å²) in [5, 5.41) is 2.45. The average Bonchev–Trinajstić information content (AvgIpc) is 3.53. The number of aromatic nitrogens is 4. The van der Waals surface area contributed by atoms with Crippen LogP contribution < -0.4 is 0 Å². The Labute approximate surface area is 284 Å². The molecule has 9 aromatic rings. The molecule has 4 heteroatoms. The smallest absolute Gasteiger partial charge is 0.164 e. The van der Waals surface area contributed by atoms with Crippen molar-refractivity contribution in [3.8, 4) is 62.1 Å². The van der Waals surface area contributed by atoms with Crippen LogP contribution in [0.5, 0.6) is 0 Å². The Morgan fingerprint density at radius 1 is 0.327 bits per heavy atom. The molecule has 49 heavy (non-hydrogen) atoms. The normalized spacial score (nSPS) is 11.3. The largest absolute Gasteiger partial charge is 0.309 e. The summed E-state index contributed by atoms with van der Waals surface area (Å²) < 4.78 is 2.40. The fourth-order valence-electron chi connectivity index (χ4n) is 6.69. The van der Waals surface area contributed by atoms with E-state index in [-0.39, 0.29) is 0 Å². The summed E-state index contributed by atoms with van der Waals surface area (Å²) in [6.07, 6.45) is 0. The van der Waals surface area contributed by atoms with Gasteiger partial charge in [-0.1, -0.05) is 158 Å². The molecule has 4 nitrogen and oxygen atoms in total. The van der Waals surface area contributed by atoms with Crippen molar-refractivity contribution in [1.29, 1.82) is 0 Å². The predicted molar refractivity (Wildman–Crippen MR) is 201 cm³/mol. The number of benzene rings is 7. The molecule has 0 aliphatic carbocycles. The summed E-state index contributed by atoms with van der Waals surface area (Å²) in [5.74, 6) is 1.96. The van der Waals surface area contributed by atoms with Crippen molar-refractivity contribution in [2.75, 3.05) is 0 Å². The number of hydrogen-bond donors (Lipinski definition) is 0. The molecule has 0 atom stereocenters. The third kappa shape index (κ3) is 5.26. The summed E-state index contributed by atoms with van der Waals surface area (Å²) >= 11 is 0. The highest BCUT2D eigenvalue weighted by atomic mass is 15.0. The van der Waals surface area contributed by atoms with Crippen LogP contribution in [0.15, 0.2) is 182 Å². The fourth-order valence-corrected chi connectivity index (χ4v) is 6.69. The summed E-state index contributed by atoms with van der Waals surface area (Å²) in [5.41, 5.74) is 11.1. The van der Waals surface area contributed by atoms with E-state index in [1.165, 1.54) is 32.9 Å². The zero-order chi connectivity index (χ0) is 32.6. The number of nitrogens with zero attached hydrogens (tertiary/aromatic N) is 4. The van der Waals surface area contributed by atoms with Gasteiger partial charge in [0.05, 0.1) is 11.0 Å². The van der Waals surface area contributed by atoms with Gasteiger partial charge < -0.3 is 4.57 Å². The predicted octanol–water partition coefficient (Wildman–Crippen LogP) is 11.3. The molecule has 0 N–H and O–H groups in total. The van der Waals surface area contributed by atoms with Crippen LogP contribution in [0.2, 0.25) is 0 Å². The van der Waals surface area contributed by atoms with Crippen molar-refractivity contribution in [1.82, 2.24) is 19.5 Å². The van der Waals surface area contributed by atoms with Gasteiger partial charge in [0.15, 0.2) is 17.5 Å². The Kier molecular flexibility index (Phi) is 7.10. The second-order valence-corrected chi connectivity index (χ2v) is 12.1. The molecule has 9 rings (SSSR count). The van der Waals surface area contributed by atoms with Gasteiger partial charge in [0.1, 0.15) is 0 Å². The lowest BCUT2D eigenvalue weighted by molar-refractivity contribution is 1.07. The van der Waals surface area contributed by atoms with Gasteiger partial charge in [-0.05, 0) is 41.0 Å². The van der Waals surface area contributed by atoms with Gasteiger partial charge in [0.25, 0.3) is 0 Å². The lowest BCUT2D eigenvalue weighted by atomic mass is 9.99. The lowest BCUT2D eigenvalue weighted by Gasteiger charge is -2.11. The van der Waals surface area contributed by atoms with Crippen LogP contribution in [0.4, 0.5) is 0 Å². The van der Waals surface area contributed by atoms with E-state index < -0.39 is 0 Å². The molecule has 0 saturated heterocycles. The molecule has 0 bridgehead atoms. The lowest BCUT2D eigenvalue weighted by Crippen LogP contribution is -2.00. The Bertz CT molecular complexity index is 2500. The molecule has 230 valence electrons. The standard InChI is InChI=1S/C45H30N4/c1-5-14-32(15-6-1)38-22-13-23-39-40-30-36(28-29-41(40)49(42(38)39)37-20-11-4-12-21-37)31-24-26-35(27-25-31)45-47-43(33-16-7-2-8-17-33)46-44(48-45)34-18-9-3-10-19-34/h1-30H. The van der Waals surface area contributed by atoms with Crippen LogP contribution in [0, 0.1) is 0 Å². The Morgan fingerprint density at radius 2 is 0.796 bits per heavy atom.